The van der Waals surface area contributed by atoms with E-state index in [9.17, 15) is 4.79 Å². The van der Waals surface area contributed by atoms with E-state index in [1.165, 1.54) is 11.1 Å². The zero-order valence-electron chi connectivity index (χ0n) is 9.71. The Hall–Kier alpha value is -1.37. The minimum absolute atomic E-state index is 0.181. The van der Waals surface area contributed by atoms with Crippen LogP contribution in [0.25, 0.3) is 0 Å². The molecule has 1 aromatic carbocycles. The smallest absolute Gasteiger partial charge is 0.159 e. The average Bonchev–Trinajstić information content (AvgIpc) is 2.20. The Bertz CT molecular complexity index is 375. The van der Waals surface area contributed by atoms with Gasteiger partial charge in [-0.15, -0.1) is 0 Å². The lowest BCUT2D eigenvalue weighted by Gasteiger charge is -2.03. The molecule has 0 unspecified atom stereocenters. The number of benzene rings is 1. The van der Waals surface area contributed by atoms with Gasteiger partial charge in [0.05, 0.1) is 0 Å². The fraction of sp³-hybridized carbons (Fsp3) is 0.357. The van der Waals surface area contributed by atoms with Gasteiger partial charge < -0.3 is 0 Å². The highest BCUT2D eigenvalue weighted by Gasteiger charge is 2.00. The van der Waals surface area contributed by atoms with Gasteiger partial charge in [-0.1, -0.05) is 31.2 Å². The summed E-state index contributed by atoms with van der Waals surface area (Å²) in [7, 11) is 0. The van der Waals surface area contributed by atoms with Gasteiger partial charge in [0.2, 0.25) is 0 Å². The Morgan fingerprint density at radius 3 is 2.60 bits per heavy atom. The Labute approximate surface area is 91.8 Å². The van der Waals surface area contributed by atoms with Crippen molar-refractivity contribution in [2.75, 3.05) is 0 Å². The SMILES string of the molecule is CC/C=C/C(=O)Cc1ccc(C)c(C)c1. The Morgan fingerprint density at radius 1 is 1.27 bits per heavy atom. The normalized spacial score (nSPS) is 10.9. The maximum atomic E-state index is 11.5. The summed E-state index contributed by atoms with van der Waals surface area (Å²) in [6.45, 7) is 6.18. The summed E-state index contributed by atoms with van der Waals surface area (Å²) >= 11 is 0. The number of carbonyl (C=O) groups excluding carboxylic acids is 1. The highest BCUT2D eigenvalue weighted by molar-refractivity contribution is 5.91. The van der Waals surface area contributed by atoms with E-state index < -0.39 is 0 Å². The van der Waals surface area contributed by atoms with E-state index in [2.05, 4.69) is 26.0 Å². The number of hydrogen-bond donors (Lipinski definition) is 0. The van der Waals surface area contributed by atoms with Crippen molar-refractivity contribution < 1.29 is 4.79 Å². The second-order valence-electron chi connectivity index (χ2n) is 3.87. The van der Waals surface area contributed by atoms with Crippen LogP contribution in [0.4, 0.5) is 0 Å². The van der Waals surface area contributed by atoms with Crippen molar-refractivity contribution in [2.45, 2.75) is 33.6 Å². The predicted molar refractivity (Wildman–Crippen MR) is 64.1 cm³/mol. The summed E-state index contributed by atoms with van der Waals surface area (Å²) < 4.78 is 0. The topological polar surface area (TPSA) is 17.1 Å². The Balaban J connectivity index is 2.69. The fourth-order valence-corrected chi connectivity index (χ4v) is 1.42. The standard InChI is InChI=1S/C14H18O/c1-4-5-6-14(15)10-13-8-7-11(2)12(3)9-13/h5-9H,4,10H2,1-3H3/b6-5+. The van der Waals surface area contributed by atoms with Crippen LogP contribution in [0, 0.1) is 13.8 Å². The summed E-state index contributed by atoms with van der Waals surface area (Å²) in [6, 6.07) is 6.19. The maximum absolute atomic E-state index is 11.5. The van der Waals surface area contributed by atoms with Gasteiger partial charge in [-0.2, -0.15) is 0 Å². The van der Waals surface area contributed by atoms with E-state index in [1.807, 2.05) is 19.1 Å². The Kier molecular flexibility index (Phi) is 4.29. The highest BCUT2D eigenvalue weighted by Crippen LogP contribution is 2.10. The van der Waals surface area contributed by atoms with Crippen molar-refractivity contribution in [3.05, 3.63) is 47.0 Å². The van der Waals surface area contributed by atoms with E-state index in [0.717, 1.165) is 12.0 Å². The van der Waals surface area contributed by atoms with Crippen molar-refractivity contribution in [3.63, 3.8) is 0 Å². The lowest BCUT2D eigenvalue weighted by Crippen LogP contribution is -1.99. The number of aryl methyl sites for hydroxylation is 2. The summed E-state index contributed by atoms with van der Waals surface area (Å²) in [5.41, 5.74) is 3.62. The molecule has 1 rings (SSSR count). The molecule has 0 fully saturated rings. The molecule has 80 valence electrons. The molecular weight excluding hydrogens is 184 g/mol. The summed E-state index contributed by atoms with van der Waals surface area (Å²) in [6.07, 6.45) is 5.01. The van der Waals surface area contributed by atoms with Crippen LogP contribution in [0.1, 0.15) is 30.0 Å². The van der Waals surface area contributed by atoms with Crippen LogP contribution >= 0.6 is 0 Å². The molecule has 0 saturated heterocycles. The quantitative estimate of drug-likeness (QED) is 0.684. The van der Waals surface area contributed by atoms with E-state index >= 15 is 0 Å². The van der Waals surface area contributed by atoms with E-state index in [4.69, 9.17) is 0 Å². The van der Waals surface area contributed by atoms with Crippen LogP contribution in [0.2, 0.25) is 0 Å². The first-order chi connectivity index (χ1) is 7.13. The molecule has 0 saturated carbocycles. The third kappa shape index (κ3) is 3.70. The molecule has 0 amide bonds. The summed E-state index contributed by atoms with van der Waals surface area (Å²) in [5, 5.41) is 0. The summed E-state index contributed by atoms with van der Waals surface area (Å²) in [5.74, 6) is 0.181. The first kappa shape index (κ1) is 11.7. The zero-order chi connectivity index (χ0) is 11.3. The molecule has 0 aliphatic heterocycles. The first-order valence-corrected chi connectivity index (χ1v) is 5.39. The molecular formula is C14H18O. The van der Waals surface area contributed by atoms with Gasteiger partial charge in [0.25, 0.3) is 0 Å². The minimum atomic E-state index is 0.181. The molecule has 1 heteroatoms. The zero-order valence-corrected chi connectivity index (χ0v) is 9.71. The van der Waals surface area contributed by atoms with Crippen molar-refractivity contribution in [1.29, 1.82) is 0 Å². The molecule has 15 heavy (non-hydrogen) atoms. The number of hydrogen-bond acceptors (Lipinski definition) is 1. The van der Waals surface area contributed by atoms with Gasteiger partial charge in [-0.3, -0.25) is 4.79 Å². The van der Waals surface area contributed by atoms with Gasteiger partial charge in [-0.05, 0) is 43.0 Å². The molecule has 1 aromatic rings. The second-order valence-corrected chi connectivity index (χ2v) is 3.87. The van der Waals surface area contributed by atoms with Gasteiger partial charge >= 0.3 is 0 Å². The van der Waals surface area contributed by atoms with Gasteiger partial charge in [0.1, 0.15) is 0 Å². The number of allylic oxidation sites excluding steroid dienone is 2. The predicted octanol–water partition coefficient (Wildman–Crippen LogP) is 3.38. The maximum Gasteiger partial charge on any atom is 0.159 e. The molecule has 0 spiro atoms. The van der Waals surface area contributed by atoms with E-state index in [-0.39, 0.29) is 5.78 Å². The van der Waals surface area contributed by atoms with Crippen LogP contribution in [0.15, 0.2) is 30.4 Å². The largest absolute Gasteiger partial charge is 0.294 e. The van der Waals surface area contributed by atoms with Crippen LogP contribution < -0.4 is 0 Å². The van der Waals surface area contributed by atoms with Crippen LogP contribution in [-0.4, -0.2) is 5.78 Å². The fourth-order valence-electron chi connectivity index (χ4n) is 1.42. The third-order valence-corrected chi connectivity index (χ3v) is 2.49. The van der Waals surface area contributed by atoms with E-state index in [0.29, 0.717) is 6.42 Å². The molecule has 0 aliphatic rings. The highest BCUT2D eigenvalue weighted by atomic mass is 16.1. The molecule has 0 bridgehead atoms. The number of ketones is 1. The van der Waals surface area contributed by atoms with Gasteiger partial charge in [0.15, 0.2) is 5.78 Å². The van der Waals surface area contributed by atoms with Gasteiger partial charge in [0, 0.05) is 6.42 Å². The molecule has 0 heterocycles. The van der Waals surface area contributed by atoms with Crippen molar-refractivity contribution in [2.24, 2.45) is 0 Å². The molecule has 0 radical (unpaired) electrons. The molecule has 0 aliphatic carbocycles. The average molecular weight is 202 g/mol. The van der Waals surface area contributed by atoms with Crippen LogP contribution in [0.5, 0.6) is 0 Å². The summed E-state index contributed by atoms with van der Waals surface area (Å²) in [4.78, 5) is 11.5. The molecule has 0 N–H and O–H groups in total. The van der Waals surface area contributed by atoms with Crippen LogP contribution in [0.3, 0.4) is 0 Å². The van der Waals surface area contributed by atoms with Crippen LogP contribution in [-0.2, 0) is 11.2 Å². The number of rotatable bonds is 4. The Morgan fingerprint density at radius 2 is 2.00 bits per heavy atom. The lowest BCUT2D eigenvalue weighted by atomic mass is 10.0. The van der Waals surface area contributed by atoms with Crippen molar-refractivity contribution >= 4 is 5.78 Å². The molecule has 0 atom stereocenters. The van der Waals surface area contributed by atoms with Crippen molar-refractivity contribution in [3.8, 4) is 0 Å². The lowest BCUT2D eigenvalue weighted by molar-refractivity contribution is -0.114. The van der Waals surface area contributed by atoms with Crippen molar-refractivity contribution in [1.82, 2.24) is 0 Å². The third-order valence-electron chi connectivity index (χ3n) is 2.49. The monoisotopic (exact) mass is 202 g/mol. The van der Waals surface area contributed by atoms with E-state index in [1.54, 1.807) is 6.08 Å². The molecule has 0 aromatic heterocycles. The first-order valence-electron chi connectivity index (χ1n) is 5.39. The molecule has 1 nitrogen and oxygen atoms in total. The van der Waals surface area contributed by atoms with Gasteiger partial charge in [-0.25, -0.2) is 0 Å². The number of carbonyl (C=O) groups is 1. The second kappa shape index (κ2) is 5.50. The minimum Gasteiger partial charge on any atom is -0.294 e.